The van der Waals surface area contributed by atoms with Crippen molar-refractivity contribution in [1.29, 1.82) is 0 Å². The predicted molar refractivity (Wildman–Crippen MR) is 58.3 cm³/mol. The van der Waals surface area contributed by atoms with Crippen LogP contribution in [-0.2, 0) is 11.3 Å². The molecule has 1 saturated carbocycles. The van der Waals surface area contributed by atoms with E-state index in [4.69, 9.17) is 5.73 Å². The summed E-state index contributed by atoms with van der Waals surface area (Å²) in [5.41, 5.74) is 6.59. The van der Waals surface area contributed by atoms with Gasteiger partial charge in [0.25, 0.3) is 0 Å². The van der Waals surface area contributed by atoms with Gasteiger partial charge in [-0.3, -0.25) is 4.79 Å². The Morgan fingerprint density at radius 3 is 3.19 bits per heavy atom. The van der Waals surface area contributed by atoms with Gasteiger partial charge in [0.15, 0.2) is 0 Å². The van der Waals surface area contributed by atoms with Crippen LogP contribution < -0.4 is 11.1 Å². The van der Waals surface area contributed by atoms with Crippen molar-refractivity contribution in [2.24, 2.45) is 11.7 Å². The second kappa shape index (κ2) is 5.12. The number of rotatable bonds is 3. The van der Waals surface area contributed by atoms with Gasteiger partial charge in [0.2, 0.25) is 5.91 Å². The minimum absolute atomic E-state index is 0.0654. The first-order chi connectivity index (χ1) is 7.75. The topological polar surface area (TPSA) is 81.2 Å². The fourth-order valence-corrected chi connectivity index (χ4v) is 2.12. The smallest absolute Gasteiger partial charge is 0.223 e. The van der Waals surface area contributed by atoms with Gasteiger partial charge in [-0.15, -0.1) is 0 Å². The van der Waals surface area contributed by atoms with Crippen molar-refractivity contribution in [3.8, 4) is 0 Å². The Kier molecular flexibility index (Phi) is 3.56. The molecule has 88 valence electrons. The third-order valence-electron chi connectivity index (χ3n) is 3.02. The van der Waals surface area contributed by atoms with E-state index in [0.717, 1.165) is 31.4 Å². The van der Waals surface area contributed by atoms with E-state index in [9.17, 15) is 4.79 Å². The Hall–Kier alpha value is -1.36. The van der Waals surface area contributed by atoms with Gasteiger partial charge in [-0.25, -0.2) is 0 Å². The summed E-state index contributed by atoms with van der Waals surface area (Å²) in [4.78, 5) is 11.8. The molecule has 3 N–H and O–H groups in total. The SMILES string of the molecule is NC1CCCC(C(=O)NCc2ccon2)C1. The Balaban J connectivity index is 1.79. The first-order valence-electron chi connectivity index (χ1n) is 5.68. The molecule has 1 fully saturated rings. The van der Waals surface area contributed by atoms with Crippen molar-refractivity contribution in [2.75, 3.05) is 0 Å². The van der Waals surface area contributed by atoms with Crippen LogP contribution in [0.5, 0.6) is 0 Å². The number of nitrogens with two attached hydrogens (primary N) is 1. The van der Waals surface area contributed by atoms with E-state index in [1.807, 2.05) is 0 Å². The quantitative estimate of drug-likeness (QED) is 0.794. The maximum absolute atomic E-state index is 11.8. The van der Waals surface area contributed by atoms with Gasteiger partial charge in [0.1, 0.15) is 12.0 Å². The molecular weight excluding hydrogens is 206 g/mol. The molecule has 2 rings (SSSR count). The molecule has 1 aromatic rings. The summed E-state index contributed by atoms with van der Waals surface area (Å²) < 4.78 is 4.69. The second-order valence-electron chi connectivity index (χ2n) is 4.33. The molecule has 0 spiro atoms. The Morgan fingerprint density at radius 1 is 1.62 bits per heavy atom. The van der Waals surface area contributed by atoms with E-state index in [1.54, 1.807) is 6.07 Å². The van der Waals surface area contributed by atoms with Gasteiger partial charge in [-0.05, 0) is 19.3 Å². The summed E-state index contributed by atoms with van der Waals surface area (Å²) in [6, 6.07) is 1.92. The minimum atomic E-state index is 0.0654. The first kappa shape index (κ1) is 11.1. The van der Waals surface area contributed by atoms with Gasteiger partial charge < -0.3 is 15.6 Å². The van der Waals surface area contributed by atoms with Crippen molar-refractivity contribution in [2.45, 2.75) is 38.3 Å². The van der Waals surface area contributed by atoms with Crippen molar-refractivity contribution in [1.82, 2.24) is 10.5 Å². The maximum atomic E-state index is 11.8. The molecule has 1 aromatic heterocycles. The summed E-state index contributed by atoms with van der Waals surface area (Å²) in [5, 5.41) is 6.59. The predicted octanol–water partition coefficient (Wildman–Crippen LogP) is 0.808. The summed E-state index contributed by atoms with van der Waals surface area (Å²) in [5.74, 6) is 0.147. The van der Waals surface area contributed by atoms with Crippen LogP contribution in [0.3, 0.4) is 0 Å². The lowest BCUT2D eigenvalue weighted by atomic mass is 9.85. The number of hydrogen-bond acceptors (Lipinski definition) is 4. The summed E-state index contributed by atoms with van der Waals surface area (Å²) in [6.45, 7) is 0.432. The molecule has 5 nitrogen and oxygen atoms in total. The maximum Gasteiger partial charge on any atom is 0.223 e. The molecule has 2 unspecified atom stereocenters. The number of aromatic nitrogens is 1. The zero-order chi connectivity index (χ0) is 11.4. The highest BCUT2D eigenvalue weighted by atomic mass is 16.5. The normalized spacial score (nSPS) is 25.3. The number of hydrogen-bond donors (Lipinski definition) is 2. The van der Waals surface area contributed by atoms with Crippen LogP contribution >= 0.6 is 0 Å². The lowest BCUT2D eigenvalue weighted by molar-refractivity contribution is -0.126. The Bertz CT molecular complexity index is 337. The van der Waals surface area contributed by atoms with Crippen LogP contribution in [0.15, 0.2) is 16.9 Å². The lowest BCUT2D eigenvalue weighted by Gasteiger charge is -2.25. The highest BCUT2D eigenvalue weighted by molar-refractivity contribution is 5.78. The van der Waals surface area contributed by atoms with Crippen LogP contribution in [0.25, 0.3) is 0 Å². The van der Waals surface area contributed by atoms with Crippen molar-refractivity contribution in [3.05, 3.63) is 18.0 Å². The molecule has 0 aromatic carbocycles. The van der Waals surface area contributed by atoms with Crippen molar-refractivity contribution >= 4 is 5.91 Å². The molecular formula is C11H17N3O2. The van der Waals surface area contributed by atoms with Gasteiger partial charge in [-0.2, -0.15) is 0 Å². The summed E-state index contributed by atoms with van der Waals surface area (Å²) in [7, 11) is 0. The van der Waals surface area contributed by atoms with Crippen molar-refractivity contribution in [3.63, 3.8) is 0 Å². The molecule has 0 aliphatic heterocycles. The number of carbonyl (C=O) groups excluding carboxylic acids is 1. The van der Waals surface area contributed by atoms with E-state index in [2.05, 4.69) is 15.0 Å². The average molecular weight is 223 g/mol. The van der Waals surface area contributed by atoms with Crippen molar-refractivity contribution < 1.29 is 9.32 Å². The second-order valence-corrected chi connectivity index (χ2v) is 4.33. The fraction of sp³-hybridized carbons (Fsp3) is 0.636. The molecule has 2 atom stereocenters. The van der Waals surface area contributed by atoms with Crippen LogP contribution in [0.1, 0.15) is 31.4 Å². The fourth-order valence-electron chi connectivity index (χ4n) is 2.12. The van der Waals surface area contributed by atoms with Gasteiger partial charge in [-0.1, -0.05) is 11.6 Å². The largest absolute Gasteiger partial charge is 0.364 e. The molecule has 0 radical (unpaired) electrons. The third-order valence-corrected chi connectivity index (χ3v) is 3.02. The number of carbonyl (C=O) groups is 1. The Labute approximate surface area is 94.4 Å². The highest BCUT2D eigenvalue weighted by Gasteiger charge is 2.24. The van der Waals surface area contributed by atoms with E-state index < -0.39 is 0 Å². The Morgan fingerprint density at radius 2 is 2.50 bits per heavy atom. The molecule has 1 aliphatic rings. The molecule has 0 bridgehead atoms. The van der Waals surface area contributed by atoms with Crippen LogP contribution in [0.2, 0.25) is 0 Å². The molecule has 0 saturated heterocycles. The summed E-state index contributed by atoms with van der Waals surface area (Å²) >= 11 is 0. The molecule has 16 heavy (non-hydrogen) atoms. The number of nitrogens with one attached hydrogen (secondary N) is 1. The molecule has 1 amide bonds. The highest BCUT2D eigenvalue weighted by Crippen LogP contribution is 2.23. The third kappa shape index (κ3) is 2.82. The van der Waals surface area contributed by atoms with Gasteiger partial charge in [0.05, 0.1) is 6.54 Å². The number of amides is 1. The molecule has 1 heterocycles. The van der Waals surface area contributed by atoms with E-state index in [-0.39, 0.29) is 17.9 Å². The number of nitrogens with zero attached hydrogens (tertiary/aromatic N) is 1. The molecule has 1 aliphatic carbocycles. The lowest BCUT2D eigenvalue weighted by Crippen LogP contribution is -2.37. The zero-order valence-corrected chi connectivity index (χ0v) is 9.19. The molecule has 5 heteroatoms. The van der Waals surface area contributed by atoms with E-state index in [0.29, 0.717) is 6.54 Å². The van der Waals surface area contributed by atoms with E-state index >= 15 is 0 Å². The minimum Gasteiger partial charge on any atom is -0.364 e. The zero-order valence-electron chi connectivity index (χ0n) is 9.19. The standard InChI is InChI=1S/C11H17N3O2/c12-9-3-1-2-8(6-9)11(15)13-7-10-4-5-16-14-10/h4-5,8-9H,1-3,6-7,12H2,(H,13,15). The van der Waals surface area contributed by atoms with Crippen LogP contribution in [0.4, 0.5) is 0 Å². The van der Waals surface area contributed by atoms with E-state index in [1.165, 1.54) is 6.26 Å². The van der Waals surface area contributed by atoms with Crippen LogP contribution in [-0.4, -0.2) is 17.1 Å². The van der Waals surface area contributed by atoms with Gasteiger partial charge in [0, 0.05) is 18.0 Å². The first-order valence-corrected chi connectivity index (χ1v) is 5.68. The average Bonchev–Trinajstić information content (AvgIpc) is 2.78. The monoisotopic (exact) mass is 223 g/mol. The van der Waals surface area contributed by atoms with Gasteiger partial charge >= 0.3 is 0 Å². The summed E-state index contributed by atoms with van der Waals surface area (Å²) in [6.07, 6.45) is 5.32. The van der Waals surface area contributed by atoms with Crippen LogP contribution in [0, 0.1) is 5.92 Å².